The van der Waals surface area contributed by atoms with Crippen molar-refractivity contribution >= 4 is 17.3 Å². The average Bonchev–Trinajstić information content (AvgIpc) is 2.52. The number of aliphatic hydroxyl groups is 1. The van der Waals surface area contributed by atoms with Gasteiger partial charge in [-0.15, -0.1) is 0 Å². The highest BCUT2D eigenvalue weighted by atomic mass is 35.5. The molecular formula is C16H12ClF3N2O. The molecule has 2 N–H and O–H groups in total. The molecule has 0 amide bonds. The number of hydrogen-bond donors (Lipinski definition) is 2. The van der Waals surface area contributed by atoms with Crippen molar-refractivity contribution < 1.29 is 18.3 Å². The third-order valence-corrected chi connectivity index (χ3v) is 3.49. The van der Waals surface area contributed by atoms with Crippen molar-refractivity contribution in [3.8, 4) is 6.07 Å². The Kier molecular flexibility index (Phi) is 5.14. The van der Waals surface area contributed by atoms with Gasteiger partial charge in [0, 0.05) is 10.7 Å². The second-order valence-corrected chi connectivity index (χ2v) is 5.24. The molecule has 2 aromatic carbocycles. The highest BCUT2D eigenvalue weighted by Crippen LogP contribution is 2.34. The van der Waals surface area contributed by atoms with E-state index in [1.807, 2.05) is 0 Å². The van der Waals surface area contributed by atoms with Gasteiger partial charge in [0.25, 0.3) is 0 Å². The summed E-state index contributed by atoms with van der Waals surface area (Å²) in [4.78, 5) is 0. The van der Waals surface area contributed by atoms with Gasteiger partial charge in [0.1, 0.15) is 0 Å². The van der Waals surface area contributed by atoms with Crippen LogP contribution in [0.25, 0.3) is 0 Å². The lowest BCUT2D eigenvalue weighted by Crippen LogP contribution is -2.16. The number of alkyl halides is 3. The molecule has 23 heavy (non-hydrogen) atoms. The first-order chi connectivity index (χ1) is 10.8. The predicted octanol–water partition coefficient (Wildman–Crippen LogP) is 4.38. The Balaban J connectivity index is 2.31. The molecule has 0 aromatic heterocycles. The highest BCUT2D eigenvalue weighted by Gasteiger charge is 2.34. The summed E-state index contributed by atoms with van der Waals surface area (Å²) in [5, 5.41) is 21.6. The summed E-state index contributed by atoms with van der Waals surface area (Å²) in [6, 6.07) is 10.8. The monoisotopic (exact) mass is 340 g/mol. The van der Waals surface area contributed by atoms with Gasteiger partial charge >= 0.3 is 6.18 Å². The van der Waals surface area contributed by atoms with Crippen LogP contribution in [0.4, 0.5) is 18.9 Å². The van der Waals surface area contributed by atoms with E-state index in [0.717, 1.165) is 12.1 Å². The van der Waals surface area contributed by atoms with Gasteiger partial charge < -0.3 is 10.4 Å². The minimum Gasteiger partial charge on any atom is -0.394 e. The zero-order chi connectivity index (χ0) is 17.0. The van der Waals surface area contributed by atoms with Gasteiger partial charge in [-0.05, 0) is 35.9 Å². The molecule has 0 radical (unpaired) electrons. The van der Waals surface area contributed by atoms with Gasteiger partial charge in [-0.2, -0.15) is 18.4 Å². The predicted molar refractivity (Wildman–Crippen MR) is 81.1 cm³/mol. The minimum absolute atomic E-state index is 0.158. The molecule has 1 atom stereocenters. The molecule has 2 rings (SSSR count). The number of benzene rings is 2. The van der Waals surface area contributed by atoms with Crippen LogP contribution in [-0.2, 0) is 6.18 Å². The summed E-state index contributed by atoms with van der Waals surface area (Å²) in [6.45, 7) is -0.316. The quantitative estimate of drug-likeness (QED) is 0.868. The molecule has 0 aliphatic rings. The fourth-order valence-electron chi connectivity index (χ4n) is 2.10. The summed E-state index contributed by atoms with van der Waals surface area (Å²) in [5.41, 5.74) is -0.631. The van der Waals surface area contributed by atoms with Crippen LogP contribution in [0.15, 0.2) is 42.5 Å². The van der Waals surface area contributed by atoms with Crippen LogP contribution in [0.3, 0.4) is 0 Å². The van der Waals surface area contributed by atoms with Crippen molar-refractivity contribution in [2.45, 2.75) is 12.2 Å². The summed E-state index contributed by atoms with van der Waals surface area (Å²) in [5.74, 6) is 0. The SMILES string of the molecule is N#Cc1ccc(NC(CO)c2ccc(Cl)cc2)cc1C(F)(F)F. The summed E-state index contributed by atoms with van der Waals surface area (Å²) < 4.78 is 38.9. The second kappa shape index (κ2) is 6.90. The normalized spacial score (nSPS) is 12.5. The van der Waals surface area contributed by atoms with Gasteiger partial charge in [0.05, 0.1) is 29.8 Å². The van der Waals surface area contributed by atoms with Gasteiger partial charge in [0.2, 0.25) is 0 Å². The van der Waals surface area contributed by atoms with E-state index >= 15 is 0 Å². The van der Waals surface area contributed by atoms with Crippen molar-refractivity contribution in [3.63, 3.8) is 0 Å². The molecule has 0 heterocycles. The smallest absolute Gasteiger partial charge is 0.394 e. The molecule has 120 valence electrons. The maximum atomic E-state index is 13.0. The van der Waals surface area contributed by atoms with Crippen molar-refractivity contribution in [3.05, 3.63) is 64.2 Å². The van der Waals surface area contributed by atoms with Crippen LogP contribution in [-0.4, -0.2) is 11.7 Å². The number of nitrogens with zero attached hydrogens (tertiary/aromatic N) is 1. The molecule has 0 aliphatic carbocycles. The minimum atomic E-state index is -4.63. The van der Waals surface area contributed by atoms with Gasteiger partial charge in [-0.25, -0.2) is 0 Å². The third kappa shape index (κ3) is 4.15. The Morgan fingerprint density at radius 3 is 2.35 bits per heavy atom. The molecule has 1 unspecified atom stereocenters. The number of aliphatic hydroxyl groups excluding tert-OH is 1. The zero-order valence-corrected chi connectivity index (χ0v) is 12.5. The van der Waals surface area contributed by atoms with E-state index in [0.29, 0.717) is 10.6 Å². The first kappa shape index (κ1) is 17.1. The number of nitriles is 1. The molecule has 2 aromatic rings. The molecule has 0 aliphatic heterocycles. The molecule has 0 saturated carbocycles. The number of nitrogens with one attached hydrogen (secondary N) is 1. The Morgan fingerprint density at radius 1 is 1.17 bits per heavy atom. The number of halogens is 4. The van der Waals surface area contributed by atoms with Crippen molar-refractivity contribution in [1.82, 2.24) is 0 Å². The molecule has 0 spiro atoms. The summed E-state index contributed by atoms with van der Waals surface area (Å²) in [7, 11) is 0. The molecule has 0 bridgehead atoms. The van der Waals surface area contributed by atoms with Gasteiger partial charge in [-0.3, -0.25) is 0 Å². The standard InChI is InChI=1S/C16H12ClF3N2O/c17-12-4-1-10(2-5-12)15(9-23)22-13-6-3-11(8-21)14(7-13)16(18,19)20/h1-7,15,22-23H,9H2. The fraction of sp³-hybridized carbons (Fsp3) is 0.188. The summed E-state index contributed by atoms with van der Waals surface area (Å²) in [6.07, 6.45) is -4.63. The van der Waals surface area contributed by atoms with E-state index < -0.39 is 23.3 Å². The van der Waals surface area contributed by atoms with E-state index in [-0.39, 0.29) is 12.3 Å². The van der Waals surface area contributed by atoms with Crippen LogP contribution in [0.2, 0.25) is 5.02 Å². The van der Waals surface area contributed by atoms with Crippen molar-refractivity contribution in [1.29, 1.82) is 5.26 Å². The molecule has 3 nitrogen and oxygen atoms in total. The Bertz CT molecular complexity index is 724. The largest absolute Gasteiger partial charge is 0.417 e. The van der Waals surface area contributed by atoms with Crippen LogP contribution < -0.4 is 5.32 Å². The zero-order valence-electron chi connectivity index (χ0n) is 11.7. The van der Waals surface area contributed by atoms with Crippen LogP contribution >= 0.6 is 11.6 Å². The topological polar surface area (TPSA) is 56.0 Å². The number of anilines is 1. The fourth-order valence-corrected chi connectivity index (χ4v) is 2.22. The number of rotatable bonds is 4. The second-order valence-electron chi connectivity index (χ2n) is 4.80. The van der Waals surface area contributed by atoms with E-state index in [9.17, 15) is 18.3 Å². The van der Waals surface area contributed by atoms with E-state index in [2.05, 4.69) is 5.32 Å². The summed E-state index contributed by atoms with van der Waals surface area (Å²) >= 11 is 5.79. The van der Waals surface area contributed by atoms with E-state index in [4.69, 9.17) is 16.9 Å². The lowest BCUT2D eigenvalue weighted by Gasteiger charge is -2.19. The maximum absolute atomic E-state index is 13.0. The van der Waals surface area contributed by atoms with Crippen LogP contribution in [0.1, 0.15) is 22.7 Å². The highest BCUT2D eigenvalue weighted by molar-refractivity contribution is 6.30. The average molecular weight is 341 g/mol. The Labute approximate surface area is 135 Å². The molecular weight excluding hydrogens is 329 g/mol. The maximum Gasteiger partial charge on any atom is 0.417 e. The van der Waals surface area contributed by atoms with Crippen LogP contribution in [0, 0.1) is 11.3 Å². The van der Waals surface area contributed by atoms with E-state index in [1.54, 1.807) is 24.3 Å². The lowest BCUT2D eigenvalue weighted by atomic mass is 10.0. The Hall–Kier alpha value is -2.23. The van der Waals surface area contributed by atoms with E-state index in [1.165, 1.54) is 12.1 Å². The third-order valence-electron chi connectivity index (χ3n) is 3.24. The van der Waals surface area contributed by atoms with Crippen molar-refractivity contribution in [2.75, 3.05) is 11.9 Å². The first-order valence-electron chi connectivity index (χ1n) is 6.59. The van der Waals surface area contributed by atoms with Crippen molar-refractivity contribution in [2.24, 2.45) is 0 Å². The molecule has 7 heteroatoms. The van der Waals surface area contributed by atoms with Gasteiger partial charge in [-0.1, -0.05) is 23.7 Å². The molecule has 0 saturated heterocycles. The van der Waals surface area contributed by atoms with Crippen LogP contribution in [0.5, 0.6) is 0 Å². The molecule has 0 fully saturated rings. The lowest BCUT2D eigenvalue weighted by molar-refractivity contribution is -0.137. The van der Waals surface area contributed by atoms with Gasteiger partial charge in [0.15, 0.2) is 0 Å². The number of hydrogen-bond acceptors (Lipinski definition) is 3. The first-order valence-corrected chi connectivity index (χ1v) is 6.97. The Morgan fingerprint density at radius 2 is 1.83 bits per heavy atom.